The minimum atomic E-state index is -3.76. The molecule has 0 radical (unpaired) electrons. The van der Waals surface area contributed by atoms with E-state index >= 15 is 0 Å². The normalized spacial score (nSPS) is 17.2. The second kappa shape index (κ2) is 9.64. The summed E-state index contributed by atoms with van der Waals surface area (Å²) in [6.45, 7) is 0.870. The van der Waals surface area contributed by atoms with E-state index < -0.39 is 22.0 Å². The summed E-state index contributed by atoms with van der Waals surface area (Å²) in [6, 6.07) is 15.0. The van der Waals surface area contributed by atoms with Crippen LogP contribution in [0.5, 0.6) is 0 Å². The summed E-state index contributed by atoms with van der Waals surface area (Å²) in [4.78, 5) is 17.5. The number of rotatable bonds is 8. The first-order valence-corrected chi connectivity index (χ1v) is 12.0. The van der Waals surface area contributed by atoms with Crippen molar-refractivity contribution in [3.63, 3.8) is 0 Å². The second-order valence-corrected chi connectivity index (χ2v) is 9.50. The number of hydrogen-bond donors (Lipinski definition) is 2. The van der Waals surface area contributed by atoms with E-state index in [1.165, 1.54) is 12.1 Å². The molecule has 1 aliphatic rings. The van der Waals surface area contributed by atoms with Crippen LogP contribution in [-0.4, -0.2) is 43.1 Å². The van der Waals surface area contributed by atoms with Crippen molar-refractivity contribution in [3.05, 3.63) is 83.9 Å². The smallest absolute Gasteiger partial charge is 0.252 e. The lowest BCUT2D eigenvalue weighted by molar-refractivity contribution is 0.0941. The maximum Gasteiger partial charge on any atom is 0.252 e. The van der Waals surface area contributed by atoms with E-state index in [1.807, 2.05) is 48.1 Å². The van der Waals surface area contributed by atoms with Crippen molar-refractivity contribution in [3.8, 4) is 0 Å². The highest BCUT2D eigenvalue weighted by molar-refractivity contribution is 7.89. The first kappa shape index (κ1) is 22.2. The lowest BCUT2D eigenvalue weighted by Gasteiger charge is -2.19. The third-order valence-electron chi connectivity index (χ3n) is 5.46. The Labute approximate surface area is 187 Å². The van der Waals surface area contributed by atoms with Crippen molar-refractivity contribution in [2.45, 2.75) is 29.9 Å². The van der Waals surface area contributed by atoms with Gasteiger partial charge in [0.1, 0.15) is 11.9 Å². The summed E-state index contributed by atoms with van der Waals surface area (Å²) in [6.07, 6.45) is 5.13. The second-order valence-electron chi connectivity index (χ2n) is 7.73. The van der Waals surface area contributed by atoms with E-state index in [0.29, 0.717) is 12.4 Å². The van der Waals surface area contributed by atoms with E-state index in [2.05, 4.69) is 15.0 Å². The van der Waals surface area contributed by atoms with Gasteiger partial charge in [-0.2, -0.15) is 0 Å². The van der Waals surface area contributed by atoms with Crippen molar-refractivity contribution in [1.29, 1.82) is 0 Å². The van der Waals surface area contributed by atoms with Gasteiger partial charge in [-0.1, -0.05) is 36.4 Å². The maximum absolute atomic E-state index is 13.1. The van der Waals surface area contributed by atoms with E-state index in [-0.39, 0.29) is 23.1 Å². The molecule has 3 aromatic rings. The highest BCUT2D eigenvalue weighted by Gasteiger charge is 2.24. The van der Waals surface area contributed by atoms with Gasteiger partial charge in [-0.15, -0.1) is 0 Å². The Hall–Kier alpha value is -3.01. The highest BCUT2D eigenvalue weighted by Crippen LogP contribution is 2.21. The van der Waals surface area contributed by atoms with Gasteiger partial charge in [0.25, 0.3) is 5.91 Å². The Balaban J connectivity index is 1.54. The third kappa shape index (κ3) is 5.07. The number of nitrogens with one attached hydrogen (secondary N) is 2. The SMILES string of the molecule is Cn1ccnc1C(NC(=O)c1cccc(S(=O)(=O)NCC2CCCO2)c1)c1ccccc1. The minimum absolute atomic E-state index is 0.0383. The minimum Gasteiger partial charge on any atom is -0.377 e. The van der Waals surface area contributed by atoms with Crippen LogP contribution in [0.3, 0.4) is 0 Å². The van der Waals surface area contributed by atoms with Gasteiger partial charge >= 0.3 is 0 Å². The molecule has 32 heavy (non-hydrogen) atoms. The maximum atomic E-state index is 13.1. The lowest BCUT2D eigenvalue weighted by Crippen LogP contribution is -2.33. The molecule has 0 bridgehead atoms. The van der Waals surface area contributed by atoms with Crippen LogP contribution in [0.15, 0.2) is 71.9 Å². The number of ether oxygens (including phenoxy) is 1. The molecule has 9 heteroatoms. The molecule has 0 saturated carbocycles. The lowest BCUT2D eigenvalue weighted by atomic mass is 10.1. The molecule has 2 atom stereocenters. The van der Waals surface area contributed by atoms with Crippen LogP contribution in [0, 0.1) is 0 Å². The summed E-state index contributed by atoms with van der Waals surface area (Å²) in [7, 11) is -1.90. The molecular weight excluding hydrogens is 428 g/mol. The zero-order valence-corrected chi connectivity index (χ0v) is 18.6. The zero-order chi connectivity index (χ0) is 22.6. The Morgan fingerprint density at radius 1 is 1.22 bits per heavy atom. The van der Waals surface area contributed by atoms with Gasteiger partial charge in [0.05, 0.1) is 11.0 Å². The summed E-state index contributed by atoms with van der Waals surface area (Å²) in [5.74, 6) is 0.282. The number of carbonyl (C=O) groups excluding carboxylic acids is 1. The molecule has 8 nitrogen and oxygen atoms in total. The number of carbonyl (C=O) groups is 1. The molecule has 168 valence electrons. The van der Waals surface area contributed by atoms with E-state index in [1.54, 1.807) is 18.3 Å². The quantitative estimate of drug-likeness (QED) is 0.544. The van der Waals surface area contributed by atoms with E-state index in [0.717, 1.165) is 18.4 Å². The molecule has 1 saturated heterocycles. The van der Waals surface area contributed by atoms with Crippen LogP contribution in [0.25, 0.3) is 0 Å². The van der Waals surface area contributed by atoms with Crippen LogP contribution in [0.4, 0.5) is 0 Å². The number of hydrogen-bond acceptors (Lipinski definition) is 5. The zero-order valence-electron chi connectivity index (χ0n) is 17.8. The number of benzene rings is 2. The van der Waals surface area contributed by atoms with Crippen molar-refractivity contribution >= 4 is 15.9 Å². The predicted molar refractivity (Wildman–Crippen MR) is 120 cm³/mol. The fourth-order valence-electron chi connectivity index (χ4n) is 3.71. The van der Waals surface area contributed by atoms with E-state index in [9.17, 15) is 13.2 Å². The molecular formula is C23H26N4O4S. The number of sulfonamides is 1. The molecule has 4 rings (SSSR count). The Kier molecular flexibility index (Phi) is 6.69. The van der Waals surface area contributed by atoms with Crippen molar-refractivity contribution < 1.29 is 17.9 Å². The summed E-state index contributed by atoms with van der Waals surface area (Å²) >= 11 is 0. The molecule has 1 aliphatic heterocycles. The van der Waals surface area contributed by atoms with Gasteiger partial charge in [0, 0.05) is 38.2 Å². The van der Waals surface area contributed by atoms with Crippen molar-refractivity contribution in [2.75, 3.05) is 13.2 Å². The molecule has 2 aromatic carbocycles. The van der Waals surface area contributed by atoms with Crippen molar-refractivity contribution in [1.82, 2.24) is 19.6 Å². The topological polar surface area (TPSA) is 102 Å². The van der Waals surface area contributed by atoms with Gasteiger partial charge < -0.3 is 14.6 Å². The molecule has 2 N–H and O–H groups in total. The number of aryl methyl sites for hydroxylation is 1. The van der Waals surface area contributed by atoms with Crippen LogP contribution in [0.1, 0.15) is 40.6 Å². The summed E-state index contributed by atoms with van der Waals surface area (Å²) in [5.41, 5.74) is 1.12. The highest BCUT2D eigenvalue weighted by atomic mass is 32.2. The molecule has 1 aromatic heterocycles. The average molecular weight is 455 g/mol. The fourth-order valence-corrected chi connectivity index (χ4v) is 4.82. The molecule has 0 aliphatic carbocycles. The van der Waals surface area contributed by atoms with Gasteiger partial charge in [0.2, 0.25) is 10.0 Å². The number of nitrogens with zero attached hydrogens (tertiary/aromatic N) is 2. The summed E-state index contributed by atoms with van der Waals surface area (Å²) < 4.78 is 35.4. The standard InChI is InChI=1S/C23H26N4O4S/c1-27-13-12-24-22(27)21(17-7-3-2-4-8-17)26-23(28)18-9-5-11-20(15-18)32(29,30)25-16-19-10-6-14-31-19/h2-5,7-9,11-13,15,19,21,25H,6,10,14,16H2,1H3,(H,26,28). The number of amides is 1. The monoisotopic (exact) mass is 454 g/mol. The van der Waals surface area contributed by atoms with E-state index in [4.69, 9.17) is 4.74 Å². The van der Waals surface area contributed by atoms with Crippen LogP contribution in [-0.2, 0) is 21.8 Å². The van der Waals surface area contributed by atoms with Gasteiger partial charge in [-0.25, -0.2) is 18.1 Å². The van der Waals surface area contributed by atoms with Crippen LogP contribution in [0.2, 0.25) is 0 Å². The molecule has 1 amide bonds. The molecule has 2 unspecified atom stereocenters. The van der Waals surface area contributed by atoms with Crippen LogP contribution < -0.4 is 10.0 Å². The average Bonchev–Trinajstić information content (AvgIpc) is 3.48. The van der Waals surface area contributed by atoms with Crippen LogP contribution >= 0.6 is 0 Å². The molecule has 1 fully saturated rings. The van der Waals surface area contributed by atoms with Gasteiger partial charge in [0.15, 0.2) is 0 Å². The largest absolute Gasteiger partial charge is 0.377 e. The van der Waals surface area contributed by atoms with Crippen molar-refractivity contribution in [2.24, 2.45) is 7.05 Å². The Bertz CT molecular complexity index is 1170. The predicted octanol–water partition coefficient (Wildman–Crippen LogP) is 2.40. The number of imidazole rings is 1. The fraction of sp³-hybridized carbons (Fsp3) is 0.304. The van der Waals surface area contributed by atoms with Gasteiger partial charge in [-0.3, -0.25) is 4.79 Å². The summed E-state index contributed by atoms with van der Waals surface area (Å²) in [5, 5.41) is 2.99. The number of aromatic nitrogens is 2. The first-order valence-electron chi connectivity index (χ1n) is 10.5. The Morgan fingerprint density at radius 3 is 2.72 bits per heavy atom. The first-order chi connectivity index (χ1) is 15.4. The van der Waals surface area contributed by atoms with Gasteiger partial charge in [-0.05, 0) is 36.6 Å². The molecule has 2 heterocycles. The third-order valence-corrected chi connectivity index (χ3v) is 6.88. The Morgan fingerprint density at radius 2 is 2.03 bits per heavy atom. The molecule has 0 spiro atoms.